The zero-order chi connectivity index (χ0) is 30.8. The lowest BCUT2D eigenvalue weighted by Crippen LogP contribution is -2.50. The first kappa shape index (κ1) is 31.4. The number of aliphatic hydroxyl groups is 1. The number of rotatable bonds is 14. The summed E-state index contributed by atoms with van der Waals surface area (Å²) in [4.78, 5) is 19.4. The molecule has 44 heavy (non-hydrogen) atoms. The van der Waals surface area contributed by atoms with Crippen molar-refractivity contribution in [3.8, 4) is 16.9 Å². The molecule has 0 saturated heterocycles. The fourth-order valence-corrected chi connectivity index (χ4v) is 5.69. The lowest BCUT2D eigenvalue weighted by Gasteiger charge is -2.31. The summed E-state index contributed by atoms with van der Waals surface area (Å²) in [7, 11) is 1.65. The average molecular weight is 658 g/mol. The van der Waals surface area contributed by atoms with Crippen LogP contribution in [0.4, 0.5) is 0 Å². The Morgan fingerprint density at radius 1 is 0.886 bits per heavy atom. The number of halogens is 1. The van der Waals surface area contributed by atoms with Gasteiger partial charge in [-0.05, 0) is 59.0 Å². The van der Waals surface area contributed by atoms with Crippen LogP contribution in [0, 0.1) is 0 Å². The molecular weight excluding hydrogens is 620 g/mol. The second kappa shape index (κ2) is 15.1. The lowest BCUT2D eigenvalue weighted by atomic mass is 9.81. The van der Waals surface area contributed by atoms with Crippen LogP contribution < -0.4 is 10.1 Å². The van der Waals surface area contributed by atoms with Gasteiger partial charge in [0.15, 0.2) is 11.6 Å². The van der Waals surface area contributed by atoms with Crippen molar-refractivity contribution < 1.29 is 24.1 Å². The first-order chi connectivity index (χ1) is 21.5. The number of aliphatic imine (C=N–C) groups is 1. The Balaban J connectivity index is 1.55. The summed E-state index contributed by atoms with van der Waals surface area (Å²) in [6.45, 7) is 1.49. The van der Waals surface area contributed by atoms with Crippen molar-refractivity contribution in [2.75, 3.05) is 33.5 Å². The number of carbonyl (C=O) groups excluding carboxylic acids is 1. The Bertz CT molecular complexity index is 1540. The number of ether oxygens (including phenoxy) is 3. The van der Waals surface area contributed by atoms with Gasteiger partial charge in [0.05, 0.1) is 6.61 Å². The molecule has 1 aliphatic rings. The van der Waals surface area contributed by atoms with Crippen molar-refractivity contribution in [1.82, 2.24) is 5.32 Å². The lowest BCUT2D eigenvalue weighted by molar-refractivity contribution is -0.129. The van der Waals surface area contributed by atoms with Gasteiger partial charge in [0, 0.05) is 49.7 Å². The van der Waals surface area contributed by atoms with E-state index in [1.807, 2.05) is 78.9 Å². The predicted molar refractivity (Wildman–Crippen MR) is 176 cm³/mol. The molecule has 0 saturated carbocycles. The summed E-state index contributed by atoms with van der Waals surface area (Å²) < 4.78 is 18.5. The molecule has 4 aromatic carbocycles. The summed E-state index contributed by atoms with van der Waals surface area (Å²) in [5.41, 5.74) is 3.45. The molecule has 2 atom stereocenters. The molecule has 1 heterocycles. The molecule has 7 nitrogen and oxygen atoms in total. The van der Waals surface area contributed by atoms with Gasteiger partial charge >= 0.3 is 0 Å². The van der Waals surface area contributed by atoms with Crippen LogP contribution in [0.5, 0.6) is 5.75 Å². The molecular formula is C36H37BrN2O5. The smallest absolute Gasteiger partial charge is 0.252 e. The van der Waals surface area contributed by atoms with Crippen molar-refractivity contribution in [1.29, 1.82) is 0 Å². The maximum atomic E-state index is 14.3. The number of nitrogens with zero attached hydrogens (tertiary/aromatic N) is 1. The highest BCUT2D eigenvalue weighted by Crippen LogP contribution is 2.43. The van der Waals surface area contributed by atoms with Crippen LogP contribution in [-0.4, -0.2) is 55.9 Å². The number of hydrogen-bond acceptors (Lipinski definition) is 6. The largest absolute Gasteiger partial charge is 0.494 e. The van der Waals surface area contributed by atoms with Gasteiger partial charge in [0.1, 0.15) is 5.75 Å². The van der Waals surface area contributed by atoms with E-state index >= 15 is 0 Å². The predicted octanol–water partition coefficient (Wildman–Crippen LogP) is 6.53. The van der Waals surface area contributed by atoms with Gasteiger partial charge in [-0.3, -0.25) is 4.79 Å². The molecule has 2 N–H and O–H groups in total. The summed E-state index contributed by atoms with van der Waals surface area (Å²) in [6.07, 6.45) is 0.872. The number of amides is 1. The van der Waals surface area contributed by atoms with Crippen molar-refractivity contribution in [2.45, 2.75) is 30.9 Å². The highest BCUT2D eigenvalue weighted by Gasteiger charge is 2.53. The second-order valence-electron chi connectivity index (χ2n) is 10.6. The Hall–Kier alpha value is -3.98. The normalized spacial score (nSPS) is 17.5. The summed E-state index contributed by atoms with van der Waals surface area (Å²) in [5, 5.41) is 12.2. The van der Waals surface area contributed by atoms with Crippen LogP contribution in [0.1, 0.15) is 35.6 Å². The van der Waals surface area contributed by atoms with Crippen molar-refractivity contribution in [2.24, 2.45) is 4.99 Å². The van der Waals surface area contributed by atoms with Gasteiger partial charge in [-0.1, -0.05) is 88.7 Å². The quantitative estimate of drug-likeness (QED) is 0.151. The van der Waals surface area contributed by atoms with E-state index in [2.05, 4.69) is 45.5 Å². The number of nitrogens with one attached hydrogen (secondary N) is 1. The number of benzene rings is 4. The standard InChI is InChI=1S/C36H37BrN2O5/c1-42-23-7-21-38-35(41)36(25-30-11-5-6-12-32(30)37)33(28-15-13-27(14-16-28)26-9-3-2-4-10-26)44-34(39-36)29-17-19-31(20-18-29)43-24-8-22-40/h2-6,9-20,33,40H,7-8,21-25H2,1H3,(H,38,41)/t33-,36-/m1/s1. The molecule has 0 radical (unpaired) electrons. The van der Waals surface area contributed by atoms with Crippen molar-refractivity contribution in [3.05, 3.63) is 124 Å². The van der Waals surface area contributed by atoms with E-state index < -0.39 is 11.6 Å². The van der Waals surface area contributed by atoms with E-state index in [4.69, 9.17) is 24.3 Å². The summed E-state index contributed by atoms with van der Waals surface area (Å²) in [5.74, 6) is 0.868. The topological polar surface area (TPSA) is 89.4 Å². The van der Waals surface area contributed by atoms with Crippen molar-refractivity contribution in [3.63, 3.8) is 0 Å². The SMILES string of the molecule is COCCCNC(=O)[C@]1(Cc2ccccc2Br)N=C(c2ccc(OCCCO)cc2)O[C@@H]1c1ccc(-c2ccccc2)cc1. The average Bonchev–Trinajstić information content (AvgIpc) is 3.45. The van der Waals surface area contributed by atoms with Crippen LogP contribution in [0.2, 0.25) is 0 Å². The summed E-state index contributed by atoms with van der Waals surface area (Å²) in [6, 6.07) is 33.7. The van der Waals surface area contributed by atoms with Gasteiger partial charge in [0.2, 0.25) is 5.90 Å². The molecule has 1 aliphatic heterocycles. The molecule has 5 rings (SSSR count). The van der Waals surface area contributed by atoms with Gasteiger partial charge in [-0.15, -0.1) is 0 Å². The van der Waals surface area contributed by atoms with E-state index in [0.717, 1.165) is 32.3 Å². The number of aliphatic hydroxyl groups excluding tert-OH is 1. The van der Waals surface area contributed by atoms with Gasteiger partial charge in [-0.2, -0.15) is 0 Å². The van der Waals surface area contributed by atoms with Gasteiger partial charge in [0.25, 0.3) is 5.91 Å². The van der Waals surface area contributed by atoms with Crippen LogP contribution in [0.25, 0.3) is 11.1 Å². The maximum Gasteiger partial charge on any atom is 0.252 e. The van der Waals surface area contributed by atoms with E-state index in [9.17, 15) is 4.79 Å². The molecule has 1 amide bonds. The zero-order valence-electron chi connectivity index (χ0n) is 24.7. The highest BCUT2D eigenvalue weighted by atomic mass is 79.9. The second-order valence-corrected chi connectivity index (χ2v) is 11.5. The van der Waals surface area contributed by atoms with Gasteiger partial charge in [-0.25, -0.2) is 4.99 Å². The fraction of sp³-hybridized carbons (Fsp3) is 0.278. The minimum Gasteiger partial charge on any atom is -0.494 e. The monoisotopic (exact) mass is 656 g/mol. The van der Waals surface area contributed by atoms with E-state index in [-0.39, 0.29) is 12.5 Å². The first-order valence-electron chi connectivity index (χ1n) is 14.8. The molecule has 0 aliphatic carbocycles. The van der Waals surface area contributed by atoms with Crippen LogP contribution in [0.3, 0.4) is 0 Å². The maximum absolute atomic E-state index is 14.3. The number of hydrogen-bond donors (Lipinski definition) is 2. The number of methoxy groups -OCH3 is 1. The Labute approximate surface area is 267 Å². The molecule has 0 bridgehead atoms. The highest BCUT2D eigenvalue weighted by molar-refractivity contribution is 9.10. The zero-order valence-corrected chi connectivity index (χ0v) is 26.3. The van der Waals surface area contributed by atoms with E-state index in [1.165, 1.54) is 0 Å². The minimum absolute atomic E-state index is 0.0730. The van der Waals surface area contributed by atoms with Crippen molar-refractivity contribution >= 4 is 27.7 Å². The van der Waals surface area contributed by atoms with Gasteiger partial charge < -0.3 is 24.6 Å². The van der Waals surface area contributed by atoms with E-state index in [1.54, 1.807) is 7.11 Å². The molecule has 228 valence electrons. The third-order valence-corrected chi connectivity index (χ3v) is 8.35. The van der Waals surface area contributed by atoms with Crippen LogP contribution >= 0.6 is 15.9 Å². The van der Waals surface area contributed by atoms with Crippen LogP contribution in [-0.2, 0) is 20.7 Å². The third-order valence-electron chi connectivity index (χ3n) is 7.58. The van der Waals surface area contributed by atoms with E-state index in [0.29, 0.717) is 50.7 Å². The molecule has 0 unspecified atom stereocenters. The molecule has 8 heteroatoms. The molecule has 0 spiro atoms. The molecule has 0 aromatic heterocycles. The molecule has 0 fully saturated rings. The number of carbonyl (C=O) groups is 1. The fourth-order valence-electron chi connectivity index (χ4n) is 5.27. The Morgan fingerprint density at radius 2 is 1.57 bits per heavy atom. The Morgan fingerprint density at radius 3 is 2.27 bits per heavy atom. The minimum atomic E-state index is -1.28. The first-order valence-corrected chi connectivity index (χ1v) is 15.6. The molecule has 4 aromatic rings. The Kier molecular flexibility index (Phi) is 10.8. The summed E-state index contributed by atoms with van der Waals surface area (Å²) >= 11 is 3.69. The van der Waals surface area contributed by atoms with Crippen LogP contribution in [0.15, 0.2) is 113 Å². The third kappa shape index (κ3) is 7.38.